The van der Waals surface area contributed by atoms with Crippen molar-refractivity contribution in [2.24, 2.45) is 0 Å². The average molecular weight is 465 g/mol. The smallest absolute Gasteiger partial charge is 0.267 e. The number of pyridine rings is 1. The Kier molecular flexibility index (Phi) is 6.43. The van der Waals surface area contributed by atoms with Crippen molar-refractivity contribution in [2.75, 3.05) is 11.9 Å². The Bertz CT molecular complexity index is 1280. The van der Waals surface area contributed by atoms with Crippen LogP contribution in [0.3, 0.4) is 0 Å². The monoisotopic (exact) mass is 464 g/mol. The lowest BCUT2D eigenvalue weighted by Gasteiger charge is -2.23. The molecule has 8 heteroatoms. The van der Waals surface area contributed by atoms with Crippen LogP contribution in [0.25, 0.3) is 11.7 Å². The fourth-order valence-electron chi connectivity index (χ4n) is 3.65. The first kappa shape index (κ1) is 22.2. The molecule has 1 N–H and O–H groups in total. The fraction of sp³-hybridized carbons (Fsp3) is 0.250. The number of nitrogens with one attached hydrogen (secondary N) is 1. The molecule has 1 atom stereocenters. The average Bonchev–Trinajstić information content (AvgIpc) is 3.08. The molecule has 0 aliphatic carbocycles. The number of thiocarbonyl (C=S) groups is 1. The predicted octanol–water partition coefficient (Wildman–Crippen LogP) is 4.79. The standard InChI is InChI=1S/C24H24N4O2S2/c1-4-12-25-20-18(22(29)27-13-8-9-15(2)21(27)26-20)14-19-23(30)28(24(31)32-19)16(3)17-10-6-5-7-11-17/h5-11,13-14,16,25H,4,12H2,1-3H3. The van der Waals surface area contributed by atoms with Gasteiger partial charge in [0.25, 0.3) is 11.5 Å². The van der Waals surface area contributed by atoms with Gasteiger partial charge in [0.05, 0.1) is 16.5 Å². The molecule has 1 aliphatic rings. The van der Waals surface area contributed by atoms with Crippen LogP contribution in [0.1, 0.15) is 43.0 Å². The van der Waals surface area contributed by atoms with Gasteiger partial charge in [0.2, 0.25) is 0 Å². The van der Waals surface area contributed by atoms with E-state index < -0.39 is 0 Å². The third-order valence-corrected chi connectivity index (χ3v) is 6.73. The molecular formula is C24H24N4O2S2. The number of aryl methyl sites for hydroxylation is 1. The number of nitrogens with zero attached hydrogens (tertiary/aromatic N) is 3. The van der Waals surface area contributed by atoms with Gasteiger partial charge in [-0.2, -0.15) is 0 Å². The Morgan fingerprint density at radius 3 is 2.66 bits per heavy atom. The summed E-state index contributed by atoms with van der Waals surface area (Å²) in [5.74, 6) is 0.277. The summed E-state index contributed by atoms with van der Waals surface area (Å²) in [4.78, 5) is 33.4. The minimum Gasteiger partial charge on any atom is -0.369 e. The second-order valence-electron chi connectivity index (χ2n) is 7.63. The zero-order valence-corrected chi connectivity index (χ0v) is 19.8. The number of benzene rings is 1. The van der Waals surface area contributed by atoms with E-state index in [1.807, 2.05) is 63.2 Å². The Morgan fingerprint density at radius 1 is 1.19 bits per heavy atom. The second-order valence-corrected chi connectivity index (χ2v) is 9.30. The molecule has 3 heterocycles. The third-order valence-electron chi connectivity index (χ3n) is 5.39. The summed E-state index contributed by atoms with van der Waals surface area (Å²) in [5.41, 5.74) is 2.63. The normalized spacial score (nSPS) is 16.2. The maximum Gasteiger partial charge on any atom is 0.267 e. The second kappa shape index (κ2) is 9.26. The van der Waals surface area contributed by atoms with Crippen molar-refractivity contribution in [1.82, 2.24) is 14.3 Å². The molecule has 2 aromatic heterocycles. The maximum atomic E-state index is 13.3. The van der Waals surface area contributed by atoms with Crippen LogP contribution in [-0.4, -0.2) is 31.1 Å². The molecule has 1 amide bonds. The topological polar surface area (TPSA) is 66.7 Å². The van der Waals surface area contributed by atoms with E-state index in [4.69, 9.17) is 17.2 Å². The van der Waals surface area contributed by atoms with Crippen molar-refractivity contribution in [3.63, 3.8) is 0 Å². The van der Waals surface area contributed by atoms with E-state index in [-0.39, 0.29) is 17.5 Å². The summed E-state index contributed by atoms with van der Waals surface area (Å²) < 4.78 is 2.00. The highest BCUT2D eigenvalue weighted by molar-refractivity contribution is 8.26. The molecule has 0 saturated carbocycles. The first-order valence-corrected chi connectivity index (χ1v) is 11.7. The van der Waals surface area contributed by atoms with Crippen LogP contribution in [-0.2, 0) is 4.79 Å². The SMILES string of the molecule is CCCNc1nc2c(C)cccn2c(=O)c1C=C1SC(=S)N(C(C)c2ccccc2)C1=O. The van der Waals surface area contributed by atoms with Crippen LogP contribution in [0, 0.1) is 6.92 Å². The van der Waals surface area contributed by atoms with Gasteiger partial charge in [0.1, 0.15) is 15.8 Å². The summed E-state index contributed by atoms with van der Waals surface area (Å²) >= 11 is 6.74. The minimum atomic E-state index is -0.223. The van der Waals surface area contributed by atoms with Crippen LogP contribution in [0.15, 0.2) is 58.4 Å². The Balaban J connectivity index is 1.78. The van der Waals surface area contributed by atoms with Gasteiger partial charge in [-0.25, -0.2) is 4.98 Å². The fourth-order valence-corrected chi connectivity index (χ4v) is 5.05. The molecule has 1 aliphatic heterocycles. The van der Waals surface area contributed by atoms with Gasteiger partial charge in [-0.3, -0.25) is 18.9 Å². The van der Waals surface area contributed by atoms with Crippen molar-refractivity contribution < 1.29 is 4.79 Å². The van der Waals surface area contributed by atoms with Crippen LogP contribution >= 0.6 is 24.0 Å². The first-order valence-electron chi connectivity index (χ1n) is 10.5. The van der Waals surface area contributed by atoms with Crippen molar-refractivity contribution in [1.29, 1.82) is 0 Å². The highest BCUT2D eigenvalue weighted by atomic mass is 32.2. The molecule has 1 saturated heterocycles. The van der Waals surface area contributed by atoms with Gasteiger partial charge >= 0.3 is 0 Å². The van der Waals surface area contributed by atoms with E-state index in [1.165, 1.54) is 16.2 Å². The Morgan fingerprint density at radius 2 is 1.94 bits per heavy atom. The number of hydrogen-bond donors (Lipinski definition) is 1. The molecular weight excluding hydrogens is 440 g/mol. The number of fused-ring (bicyclic) bond motifs is 1. The van der Waals surface area contributed by atoms with Crippen molar-refractivity contribution in [3.8, 4) is 0 Å². The molecule has 1 fully saturated rings. The van der Waals surface area contributed by atoms with E-state index in [9.17, 15) is 9.59 Å². The predicted molar refractivity (Wildman–Crippen MR) is 135 cm³/mol. The summed E-state index contributed by atoms with van der Waals surface area (Å²) in [6.07, 6.45) is 4.20. The lowest BCUT2D eigenvalue weighted by molar-refractivity contribution is -0.123. The van der Waals surface area contributed by atoms with Gasteiger partial charge < -0.3 is 5.32 Å². The molecule has 1 aromatic carbocycles. The zero-order valence-electron chi connectivity index (χ0n) is 18.2. The molecule has 3 aromatic rings. The van der Waals surface area contributed by atoms with Gasteiger partial charge in [-0.05, 0) is 43.5 Å². The van der Waals surface area contributed by atoms with Crippen LogP contribution in [0.2, 0.25) is 0 Å². The zero-order chi connectivity index (χ0) is 22.8. The number of hydrogen-bond acceptors (Lipinski definition) is 6. The summed E-state index contributed by atoms with van der Waals surface area (Å²) in [6, 6.07) is 13.3. The number of carbonyl (C=O) groups is 1. The number of amides is 1. The highest BCUT2D eigenvalue weighted by Crippen LogP contribution is 2.38. The molecule has 0 radical (unpaired) electrons. The number of thioether (sulfide) groups is 1. The maximum absolute atomic E-state index is 13.3. The lowest BCUT2D eigenvalue weighted by atomic mass is 10.1. The Labute approximate surface area is 196 Å². The molecule has 164 valence electrons. The van der Waals surface area contributed by atoms with E-state index in [0.717, 1.165) is 17.5 Å². The van der Waals surface area contributed by atoms with Gasteiger partial charge in [-0.15, -0.1) is 0 Å². The van der Waals surface area contributed by atoms with Gasteiger partial charge in [-0.1, -0.05) is 67.3 Å². The summed E-state index contributed by atoms with van der Waals surface area (Å²) in [6.45, 7) is 6.58. The van der Waals surface area contributed by atoms with Crippen molar-refractivity contribution in [3.05, 3.63) is 80.6 Å². The summed E-state index contributed by atoms with van der Waals surface area (Å²) in [7, 11) is 0. The number of rotatable bonds is 6. The lowest BCUT2D eigenvalue weighted by Crippen LogP contribution is -2.31. The molecule has 32 heavy (non-hydrogen) atoms. The molecule has 0 spiro atoms. The van der Waals surface area contributed by atoms with Gasteiger partial charge in [0.15, 0.2) is 0 Å². The van der Waals surface area contributed by atoms with Crippen LogP contribution in [0.5, 0.6) is 0 Å². The molecule has 6 nitrogen and oxygen atoms in total. The van der Waals surface area contributed by atoms with Crippen LogP contribution in [0.4, 0.5) is 5.82 Å². The highest BCUT2D eigenvalue weighted by Gasteiger charge is 2.36. The Hall–Kier alpha value is -2.97. The minimum absolute atomic E-state index is 0.202. The number of aromatic nitrogens is 2. The van der Waals surface area contributed by atoms with Crippen LogP contribution < -0.4 is 10.9 Å². The van der Waals surface area contributed by atoms with E-state index >= 15 is 0 Å². The van der Waals surface area contributed by atoms with E-state index in [0.29, 0.717) is 32.8 Å². The number of anilines is 1. The van der Waals surface area contributed by atoms with Crippen molar-refractivity contribution in [2.45, 2.75) is 33.2 Å². The number of carbonyl (C=O) groups excluding carboxylic acids is 1. The van der Waals surface area contributed by atoms with Crippen molar-refractivity contribution >= 4 is 51.7 Å². The molecule has 1 unspecified atom stereocenters. The quantitative estimate of drug-likeness (QED) is 0.418. The summed E-state index contributed by atoms with van der Waals surface area (Å²) in [5, 5.41) is 3.25. The van der Waals surface area contributed by atoms with Gasteiger partial charge in [0, 0.05) is 12.7 Å². The van der Waals surface area contributed by atoms with E-state index in [1.54, 1.807) is 17.2 Å². The molecule has 4 rings (SSSR count). The molecule has 0 bridgehead atoms. The van der Waals surface area contributed by atoms with E-state index in [2.05, 4.69) is 5.32 Å². The largest absolute Gasteiger partial charge is 0.369 e. The first-order chi connectivity index (χ1) is 15.4. The third kappa shape index (κ3) is 4.08.